The lowest BCUT2D eigenvalue weighted by Crippen LogP contribution is -2.38. The Kier molecular flexibility index (Phi) is 4.58. The maximum Gasteiger partial charge on any atom is 0.122 e. The summed E-state index contributed by atoms with van der Waals surface area (Å²) in [4.78, 5) is 2.52. The van der Waals surface area contributed by atoms with Gasteiger partial charge in [0.25, 0.3) is 0 Å². The third kappa shape index (κ3) is 3.33. The van der Waals surface area contributed by atoms with Crippen molar-refractivity contribution in [2.24, 2.45) is 5.92 Å². The van der Waals surface area contributed by atoms with Crippen LogP contribution in [0.5, 0.6) is 5.75 Å². The van der Waals surface area contributed by atoms with Gasteiger partial charge < -0.3 is 15.0 Å². The number of piperidine rings is 1. The van der Waals surface area contributed by atoms with Gasteiger partial charge in [0.2, 0.25) is 0 Å². The lowest BCUT2D eigenvalue weighted by Gasteiger charge is -2.32. The SMILES string of the molecule is CN(CC1CCCNC1)CC1CCOc2ccccc21. The molecule has 2 aliphatic rings. The van der Waals surface area contributed by atoms with Crippen LogP contribution in [-0.4, -0.2) is 44.7 Å². The highest BCUT2D eigenvalue weighted by atomic mass is 16.5. The van der Waals surface area contributed by atoms with Gasteiger partial charge in [0, 0.05) is 19.0 Å². The van der Waals surface area contributed by atoms with E-state index in [0.717, 1.165) is 31.2 Å². The van der Waals surface area contributed by atoms with Gasteiger partial charge in [0.05, 0.1) is 6.61 Å². The molecule has 3 nitrogen and oxygen atoms in total. The van der Waals surface area contributed by atoms with Crippen molar-refractivity contribution in [3.8, 4) is 5.75 Å². The molecule has 0 amide bonds. The molecule has 20 heavy (non-hydrogen) atoms. The molecular weight excluding hydrogens is 248 g/mol. The summed E-state index contributed by atoms with van der Waals surface area (Å²) in [5, 5.41) is 3.51. The summed E-state index contributed by atoms with van der Waals surface area (Å²) in [6, 6.07) is 8.53. The molecule has 0 radical (unpaired) electrons. The van der Waals surface area contributed by atoms with Gasteiger partial charge >= 0.3 is 0 Å². The second-order valence-electron chi connectivity index (χ2n) is 6.31. The quantitative estimate of drug-likeness (QED) is 0.913. The minimum absolute atomic E-state index is 0.626. The van der Waals surface area contributed by atoms with Crippen molar-refractivity contribution in [2.45, 2.75) is 25.2 Å². The number of para-hydroxylation sites is 1. The van der Waals surface area contributed by atoms with E-state index in [4.69, 9.17) is 4.74 Å². The van der Waals surface area contributed by atoms with Gasteiger partial charge in [-0.1, -0.05) is 18.2 Å². The maximum absolute atomic E-state index is 5.76. The fourth-order valence-corrected chi connectivity index (χ4v) is 3.58. The summed E-state index contributed by atoms with van der Waals surface area (Å²) >= 11 is 0. The molecule has 2 heterocycles. The van der Waals surface area contributed by atoms with Gasteiger partial charge in [-0.25, -0.2) is 0 Å². The van der Waals surface area contributed by atoms with Crippen molar-refractivity contribution >= 4 is 0 Å². The van der Waals surface area contributed by atoms with E-state index in [0.29, 0.717) is 5.92 Å². The zero-order valence-corrected chi connectivity index (χ0v) is 12.5. The molecule has 2 atom stereocenters. The topological polar surface area (TPSA) is 24.5 Å². The highest BCUT2D eigenvalue weighted by Crippen LogP contribution is 2.33. The molecule has 1 aromatic carbocycles. The van der Waals surface area contributed by atoms with Crippen molar-refractivity contribution in [2.75, 3.05) is 39.8 Å². The largest absolute Gasteiger partial charge is 0.493 e. The Morgan fingerprint density at radius 2 is 2.15 bits per heavy atom. The molecule has 1 fully saturated rings. The van der Waals surface area contributed by atoms with E-state index in [-0.39, 0.29) is 0 Å². The number of fused-ring (bicyclic) bond motifs is 1. The molecule has 3 rings (SSSR count). The Morgan fingerprint density at radius 1 is 1.25 bits per heavy atom. The van der Waals surface area contributed by atoms with E-state index in [1.807, 2.05) is 0 Å². The standard InChI is InChI=1S/C17H26N2O/c1-19(12-14-5-4-9-18-11-14)13-15-8-10-20-17-7-3-2-6-16(15)17/h2-3,6-7,14-15,18H,4-5,8-13H2,1H3. The predicted molar refractivity (Wildman–Crippen MR) is 82.4 cm³/mol. The highest BCUT2D eigenvalue weighted by molar-refractivity contribution is 5.37. The number of likely N-dealkylation sites (N-methyl/N-ethyl adjacent to an activating group) is 1. The molecule has 3 heteroatoms. The minimum Gasteiger partial charge on any atom is -0.493 e. The molecule has 110 valence electrons. The van der Waals surface area contributed by atoms with Crippen LogP contribution in [0.4, 0.5) is 0 Å². The van der Waals surface area contributed by atoms with Crippen molar-refractivity contribution in [3.05, 3.63) is 29.8 Å². The lowest BCUT2D eigenvalue weighted by molar-refractivity contribution is 0.203. The normalized spacial score (nSPS) is 26.1. The summed E-state index contributed by atoms with van der Waals surface area (Å²) < 4.78 is 5.76. The molecule has 0 spiro atoms. The van der Waals surface area contributed by atoms with Crippen LogP contribution in [0, 0.1) is 5.92 Å². The average Bonchev–Trinajstić information content (AvgIpc) is 2.48. The van der Waals surface area contributed by atoms with E-state index in [1.165, 1.54) is 38.0 Å². The highest BCUT2D eigenvalue weighted by Gasteiger charge is 2.23. The predicted octanol–water partition coefficient (Wildman–Crippen LogP) is 2.48. The number of rotatable bonds is 4. The van der Waals surface area contributed by atoms with E-state index in [9.17, 15) is 0 Å². The van der Waals surface area contributed by atoms with Crippen LogP contribution in [0.15, 0.2) is 24.3 Å². The monoisotopic (exact) mass is 274 g/mol. The van der Waals surface area contributed by atoms with Crippen LogP contribution in [0.1, 0.15) is 30.7 Å². The fourth-order valence-electron chi connectivity index (χ4n) is 3.58. The Labute approximate surface area is 122 Å². The number of benzene rings is 1. The summed E-state index contributed by atoms with van der Waals surface area (Å²) in [6.45, 7) is 5.62. The van der Waals surface area contributed by atoms with Gasteiger partial charge in [-0.15, -0.1) is 0 Å². The van der Waals surface area contributed by atoms with Crippen LogP contribution < -0.4 is 10.1 Å². The van der Waals surface area contributed by atoms with Crippen LogP contribution in [0.25, 0.3) is 0 Å². The second-order valence-corrected chi connectivity index (χ2v) is 6.31. The number of ether oxygens (including phenoxy) is 1. The molecule has 0 saturated carbocycles. The first-order chi connectivity index (χ1) is 9.83. The molecule has 0 aliphatic carbocycles. The van der Waals surface area contributed by atoms with Crippen LogP contribution in [-0.2, 0) is 0 Å². The van der Waals surface area contributed by atoms with Crippen molar-refractivity contribution in [1.82, 2.24) is 10.2 Å². The molecule has 1 N–H and O–H groups in total. The molecular formula is C17H26N2O. The summed E-state index contributed by atoms with van der Waals surface area (Å²) in [5.41, 5.74) is 1.40. The first kappa shape index (κ1) is 13.9. The van der Waals surface area contributed by atoms with E-state index < -0.39 is 0 Å². The van der Waals surface area contributed by atoms with E-state index in [1.54, 1.807) is 0 Å². The molecule has 1 aromatic rings. The molecule has 2 aliphatic heterocycles. The Bertz CT molecular complexity index is 429. The van der Waals surface area contributed by atoms with Gasteiger partial charge in [-0.2, -0.15) is 0 Å². The van der Waals surface area contributed by atoms with Crippen molar-refractivity contribution in [1.29, 1.82) is 0 Å². The molecule has 0 bridgehead atoms. The fraction of sp³-hybridized carbons (Fsp3) is 0.647. The second kappa shape index (κ2) is 6.59. The van der Waals surface area contributed by atoms with E-state index >= 15 is 0 Å². The lowest BCUT2D eigenvalue weighted by atomic mass is 9.92. The first-order valence-electron chi connectivity index (χ1n) is 7.94. The Hall–Kier alpha value is -1.06. The van der Waals surface area contributed by atoms with Gasteiger partial charge in [0.1, 0.15) is 5.75 Å². The average molecular weight is 274 g/mol. The van der Waals surface area contributed by atoms with Crippen molar-refractivity contribution in [3.63, 3.8) is 0 Å². The molecule has 2 unspecified atom stereocenters. The van der Waals surface area contributed by atoms with Gasteiger partial charge in [0.15, 0.2) is 0 Å². The number of hydrogen-bond acceptors (Lipinski definition) is 3. The summed E-state index contributed by atoms with van der Waals surface area (Å²) in [5.74, 6) is 2.54. The zero-order chi connectivity index (χ0) is 13.8. The van der Waals surface area contributed by atoms with Crippen molar-refractivity contribution < 1.29 is 4.74 Å². The Balaban J connectivity index is 1.57. The number of hydrogen-bond donors (Lipinski definition) is 1. The van der Waals surface area contributed by atoms with Gasteiger partial charge in [-0.3, -0.25) is 0 Å². The maximum atomic E-state index is 5.76. The zero-order valence-electron chi connectivity index (χ0n) is 12.5. The third-order valence-corrected chi connectivity index (χ3v) is 4.58. The van der Waals surface area contributed by atoms with Crippen LogP contribution in [0.3, 0.4) is 0 Å². The summed E-state index contributed by atoms with van der Waals surface area (Å²) in [6.07, 6.45) is 3.85. The smallest absolute Gasteiger partial charge is 0.122 e. The van der Waals surface area contributed by atoms with Crippen LogP contribution >= 0.6 is 0 Å². The van der Waals surface area contributed by atoms with Crippen LogP contribution in [0.2, 0.25) is 0 Å². The third-order valence-electron chi connectivity index (χ3n) is 4.58. The van der Waals surface area contributed by atoms with E-state index in [2.05, 4.69) is 41.5 Å². The molecule has 1 saturated heterocycles. The number of nitrogens with one attached hydrogen (secondary N) is 1. The minimum atomic E-state index is 0.626. The van der Waals surface area contributed by atoms with Gasteiger partial charge in [-0.05, 0) is 56.9 Å². The molecule has 0 aromatic heterocycles. The summed E-state index contributed by atoms with van der Waals surface area (Å²) in [7, 11) is 2.27. The first-order valence-corrected chi connectivity index (χ1v) is 7.94. The Morgan fingerprint density at radius 3 is 3.00 bits per heavy atom. The number of nitrogens with zero attached hydrogens (tertiary/aromatic N) is 1.